The van der Waals surface area contributed by atoms with E-state index in [0.29, 0.717) is 5.69 Å². The quantitative estimate of drug-likeness (QED) is 0.697. The molecular weight excluding hydrogens is 388 g/mol. The van der Waals surface area contributed by atoms with E-state index in [0.717, 1.165) is 16.8 Å². The van der Waals surface area contributed by atoms with E-state index in [1.807, 2.05) is 81.1 Å². The summed E-state index contributed by atoms with van der Waals surface area (Å²) in [5.41, 5.74) is 2.90. The first-order valence-corrected chi connectivity index (χ1v) is 10.7. The third kappa shape index (κ3) is 2.79. The third-order valence-corrected chi connectivity index (χ3v) is 6.71. The topological polar surface area (TPSA) is 57.7 Å². The number of hydrogen-bond donors (Lipinski definition) is 0. The zero-order chi connectivity index (χ0) is 22.1. The molecule has 2 amide bonds. The maximum atomic E-state index is 13.7. The number of para-hydroxylation sites is 1. The normalized spacial score (nSPS) is 26.7. The lowest BCUT2D eigenvalue weighted by Crippen LogP contribution is -2.51. The molecule has 2 fully saturated rings. The molecule has 0 radical (unpaired) electrons. The zero-order valence-corrected chi connectivity index (χ0v) is 18.2. The van der Waals surface area contributed by atoms with Gasteiger partial charge in [-0.3, -0.25) is 14.4 Å². The second kappa shape index (κ2) is 6.64. The molecule has 0 saturated carbocycles. The summed E-state index contributed by atoms with van der Waals surface area (Å²) in [6.45, 7) is 7.60. The number of amides is 2. The average molecular weight is 415 g/mol. The minimum Gasteiger partial charge on any atom is -0.353 e. The van der Waals surface area contributed by atoms with Gasteiger partial charge in [-0.1, -0.05) is 68.8 Å². The van der Waals surface area contributed by atoms with Crippen LogP contribution in [0.25, 0.3) is 6.08 Å². The van der Waals surface area contributed by atoms with Crippen molar-refractivity contribution < 1.29 is 14.4 Å². The summed E-state index contributed by atoms with van der Waals surface area (Å²) in [5, 5.41) is 0. The summed E-state index contributed by atoms with van der Waals surface area (Å²) >= 11 is 0. The highest BCUT2D eigenvalue weighted by Gasteiger charge is 2.64. The van der Waals surface area contributed by atoms with Crippen molar-refractivity contribution in [3.63, 3.8) is 0 Å². The molecule has 0 aromatic heterocycles. The SMILES string of the molecule is Cc1ccc(N2C(=O)[C@@H]3[C@@H](C2=O)[C@@H](C(=O)C(C)(C)C)N2c4ccccc4C=C[C@H]32)cc1. The minimum absolute atomic E-state index is 0.0120. The number of fused-ring (bicyclic) bond motifs is 5. The van der Waals surface area contributed by atoms with Crippen LogP contribution in [0.1, 0.15) is 31.9 Å². The summed E-state index contributed by atoms with van der Waals surface area (Å²) in [6, 6.07) is 14.3. The first kappa shape index (κ1) is 19.7. The van der Waals surface area contributed by atoms with Gasteiger partial charge in [0.25, 0.3) is 0 Å². The molecule has 3 heterocycles. The second-order valence-corrected chi connectivity index (χ2v) is 9.77. The number of benzene rings is 2. The monoisotopic (exact) mass is 414 g/mol. The van der Waals surface area contributed by atoms with Gasteiger partial charge in [0.05, 0.1) is 23.6 Å². The van der Waals surface area contributed by atoms with Gasteiger partial charge in [0.15, 0.2) is 5.78 Å². The molecule has 0 spiro atoms. The lowest BCUT2D eigenvalue weighted by molar-refractivity contribution is -0.132. The van der Waals surface area contributed by atoms with Gasteiger partial charge in [0, 0.05) is 11.1 Å². The molecule has 5 nitrogen and oxygen atoms in total. The van der Waals surface area contributed by atoms with E-state index >= 15 is 0 Å². The van der Waals surface area contributed by atoms with E-state index in [1.165, 1.54) is 4.90 Å². The van der Waals surface area contributed by atoms with Crippen molar-refractivity contribution in [1.29, 1.82) is 0 Å². The number of ketones is 1. The van der Waals surface area contributed by atoms with Crippen LogP contribution in [-0.2, 0) is 14.4 Å². The predicted octanol–water partition coefficient (Wildman–Crippen LogP) is 4.00. The Balaban J connectivity index is 1.65. The molecule has 2 aromatic rings. The zero-order valence-electron chi connectivity index (χ0n) is 18.2. The van der Waals surface area contributed by atoms with Crippen LogP contribution in [0, 0.1) is 24.2 Å². The number of aryl methyl sites for hydroxylation is 1. The maximum absolute atomic E-state index is 13.7. The fourth-order valence-electron chi connectivity index (χ4n) is 5.21. The number of nitrogens with zero attached hydrogens (tertiary/aromatic N) is 2. The molecule has 0 unspecified atom stereocenters. The highest BCUT2D eigenvalue weighted by molar-refractivity contribution is 6.25. The first-order valence-electron chi connectivity index (χ1n) is 10.7. The van der Waals surface area contributed by atoms with Crippen LogP contribution in [0.5, 0.6) is 0 Å². The van der Waals surface area contributed by atoms with Crippen LogP contribution in [-0.4, -0.2) is 29.7 Å². The standard InChI is InChI=1S/C26H26N2O3/c1-15-9-12-17(13-10-15)27-24(30)20-19-14-11-16-7-5-6-8-18(16)28(19)22(21(20)25(27)31)23(29)26(2,3)4/h5-14,19-22H,1-4H3/t19-,20+,21-,22+/m1/s1. The predicted molar refractivity (Wildman–Crippen MR) is 121 cm³/mol. The maximum Gasteiger partial charge on any atom is 0.240 e. The lowest BCUT2D eigenvalue weighted by Gasteiger charge is -2.38. The van der Waals surface area contributed by atoms with Crippen LogP contribution in [0.4, 0.5) is 11.4 Å². The Bertz CT molecular complexity index is 1130. The molecule has 5 heteroatoms. The van der Waals surface area contributed by atoms with Crippen LogP contribution >= 0.6 is 0 Å². The Morgan fingerprint density at radius 2 is 1.55 bits per heavy atom. The van der Waals surface area contributed by atoms with Crippen LogP contribution < -0.4 is 9.80 Å². The molecule has 4 atom stereocenters. The Morgan fingerprint density at radius 1 is 0.903 bits per heavy atom. The molecule has 2 aromatic carbocycles. The van der Waals surface area contributed by atoms with Gasteiger partial charge in [-0.15, -0.1) is 0 Å². The molecule has 31 heavy (non-hydrogen) atoms. The number of hydrogen-bond acceptors (Lipinski definition) is 4. The highest BCUT2D eigenvalue weighted by Crippen LogP contribution is 2.50. The van der Waals surface area contributed by atoms with E-state index in [9.17, 15) is 14.4 Å². The van der Waals surface area contributed by atoms with E-state index < -0.39 is 23.3 Å². The van der Waals surface area contributed by atoms with Gasteiger partial charge in [-0.2, -0.15) is 0 Å². The van der Waals surface area contributed by atoms with E-state index in [-0.39, 0.29) is 23.6 Å². The van der Waals surface area contributed by atoms with E-state index in [2.05, 4.69) is 0 Å². The average Bonchev–Trinajstić information content (AvgIpc) is 3.21. The highest BCUT2D eigenvalue weighted by atomic mass is 16.2. The van der Waals surface area contributed by atoms with Gasteiger partial charge in [-0.05, 0) is 30.7 Å². The molecular formula is C26H26N2O3. The second-order valence-electron chi connectivity index (χ2n) is 9.77. The molecule has 2 saturated heterocycles. The largest absolute Gasteiger partial charge is 0.353 e. The lowest BCUT2D eigenvalue weighted by atomic mass is 9.79. The van der Waals surface area contributed by atoms with Gasteiger partial charge >= 0.3 is 0 Å². The number of rotatable bonds is 2. The molecule has 0 N–H and O–H groups in total. The number of Topliss-reactive ketones (excluding diaryl/α,β-unsaturated/α-hetero) is 1. The van der Waals surface area contributed by atoms with Crippen LogP contribution in [0.2, 0.25) is 0 Å². The number of carbonyl (C=O) groups is 3. The summed E-state index contributed by atoms with van der Waals surface area (Å²) in [7, 11) is 0. The van der Waals surface area contributed by atoms with Crippen LogP contribution in [0.3, 0.4) is 0 Å². The van der Waals surface area contributed by atoms with Gasteiger partial charge in [-0.25, -0.2) is 4.90 Å². The molecule has 5 rings (SSSR count). The van der Waals surface area contributed by atoms with Crippen LogP contribution in [0.15, 0.2) is 54.6 Å². The van der Waals surface area contributed by atoms with Crippen molar-refractivity contribution in [3.05, 3.63) is 65.7 Å². The summed E-state index contributed by atoms with van der Waals surface area (Å²) in [6.07, 6.45) is 3.99. The molecule has 158 valence electrons. The smallest absolute Gasteiger partial charge is 0.240 e. The minimum atomic E-state index is -0.693. The summed E-state index contributed by atoms with van der Waals surface area (Å²) in [5.74, 6) is -1.78. The molecule has 3 aliphatic rings. The van der Waals surface area contributed by atoms with Gasteiger partial charge in [0.1, 0.15) is 6.04 Å². The molecule has 0 aliphatic carbocycles. The molecule has 0 bridgehead atoms. The summed E-state index contributed by atoms with van der Waals surface area (Å²) in [4.78, 5) is 44.3. The van der Waals surface area contributed by atoms with E-state index in [1.54, 1.807) is 12.1 Å². The fourth-order valence-corrected chi connectivity index (χ4v) is 5.21. The van der Waals surface area contributed by atoms with Gasteiger partial charge < -0.3 is 4.90 Å². The Morgan fingerprint density at radius 3 is 2.23 bits per heavy atom. The molecule has 3 aliphatic heterocycles. The number of carbonyl (C=O) groups excluding carboxylic acids is 3. The van der Waals surface area contributed by atoms with Crippen molar-refractivity contribution in [2.75, 3.05) is 9.80 Å². The Kier molecular flexibility index (Phi) is 4.23. The first-order chi connectivity index (χ1) is 14.7. The summed E-state index contributed by atoms with van der Waals surface area (Å²) < 4.78 is 0. The Labute approximate surface area is 182 Å². The van der Waals surface area contributed by atoms with Crippen molar-refractivity contribution in [2.24, 2.45) is 17.3 Å². The van der Waals surface area contributed by atoms with Crippen molar-refractivity contribution in [2.45, 2.75) is 39.8 Å². The number of imide groups is 1. The fraction of sp³-hybridized carbons (Fsp3) is 0.346. The van der Waals surface area contributed by atoms with Gasteiger partial charge in [0.2, 0.25) is 11.8 Å². The van der Waals surface area contributed by atoms with Crippen molar-refractivity contribution >= 4 is 35.0 Å². The van der Waals surface area contributed by atoms with Crippen molar-refractivity contribution in [3.8, 4) is 0 Å². The van der Waals surface area contributed by atoms with E-state index in [4.69, 9.17) is 0 Å². The van der Waals surface area contributed by atoms with Crippen molar-refractivity contribution in [1.82, 2.24) is 0 Å². The Hall–Kier alpha value is -3.21. The number of anilines is 2. The third-order valence-electron chi connectivity index (χ3n) is 6.71.